The molecule has 31 heavy (non-hydrogen) atoms. The monoisotopic (exact) mass is 417 g/mol. The summed E-state index contributed by atoms with van der Waals surface area (Å²) in [6.45, 7) is 4.22. The van der Waals surface area contributed by atoms with Gasteiger partial charge in [0, 0.05) is 44.9 Å². The van der Waals surface area contributed by atoms with Crippen molar-refractivity contribution in [3.63, 3.8) is 0 Å². The minimum atomic E-state index is 0.305. The Bertz CT molecular complexity index is 1010. The quantitative estimate of drug-likeness (QED) is 0.614. The zero-order valence-corrected chi connectivity index (χ0v) is 18.2. The Hall–Kier alpha value is -2.63. The highest BCUT2D eigenvalue weighted by atomic mass is 16.5. The molecule has 2 aromatic carbocycles. The van der Waals surface area contributed by atoms with Crippen molar-refractivity contribution in [3.8, 4) is 16.9 Å². The summed E-state index contributed by atoms with van der Waals surface area (Å²) in [5, 5.41) is 5.48. The smallest absolute Gasteiger partial charge is 0.133 e. The molecule has 3 aromatic rings. The van der Waals surface area contributed by atoms with Crippen LogP contribution in [0.5, 0.6) is 5.75 Å². The molecule has 0 bridgehead atoms. The summed E-state index contributed by atoms with van der Waals surface area (Å²) < 4.78 is 12.1. The molecule has 2 aliphatic heterocycles. The van der Waals surface area contributed by atoms with Gasteiger partial charge in [0.2, 0.25) is 0 Å². The highest BCUT2D eigenvalue weighted by molar-refractivity contribution is 5.94. The second-order valence-corrected chi connectivity index (χ2v) is 8.62. The molecule has 0 unspecified atom stereocenters. The normalized spacial score (nSPS) is 20.2. The zero-order chi connectivity index (χ0) is 21.0. The maximum Gasteiger partial charge on any atom is 0.133 e. The lowest BCUT2D eigenvalue weighted by Gasteiger charge is -2.33. The average molecular weight is 418 g/mol. The topological polar surface area (TPSA) is 46.6 Å². The molecular formula is C26H31N3O2. The molecule has 1 atom stereocenters. The minimum absolute atomic E-state index is 0.305. The van der Waals surface area contributed by atoms with Crippen LogP contribution in [0.1, 0.15) is 25.7 Å². The van der Waals surface area contributed by atoms with Gasteiger partial charge < -0.3 is 19.7 Å². The molecule has 0 aliphatic carbocycles. The van der Waals surface area contributed by atoms with E-state index in [1.54, 1.807) is 0 Å². The van der Waals surface area contributed by atoms with Crippen LogP contribution in [0.25, 0.3) is 21.9 Å². The third-order valence-electron chi connectivity index (χ3n) is 6.51. The van der Waals surface area contributed by atoms with Crippen molar-refractivity contribution >= 4 is 16.6 Å². The molecule has 2 saturated heterocycles. The Morgan fingerprint density at radius 2 is 1.84 bits per heavy atom. The summed E-state index contributed by atoms with van der Waals surface area (Å²) in [6, 6.07) is 17.1. The molecular weight excluding hydrogens is 386 g/mol. The number of pyridine rings is 1. The number of hydrogen-bond acceptors (Lipinski definition) is 5. The maximum absolute atomic E-state index is 6.29. The molecule has 0 amide bonds. The lowest BCUT2D eigenvalue weighted by atomic mass is 10.0. The molecule has 1 N–H and O–H groups in total. The van der Waals surface area contributed by atoms with E-state index < -0.39 is 0 Å². The number of aromatic nitrogens is 1. The van der Waals surface area contributed by atoms with Crippen LogP contribution in [-0.4, -0.2) is 55.4 Å². The first-order chi connectivity index (χ1) is 15.3. The van der Waals surface area contributed by atoms with Crippen LogP contribution in [0, 0.1) is 0 Å². The Kier molecular flexibility index (Phi) is 6.05. The SMILES string of the molecule is CNc1nccc2cc(-c3ccc(OC4CCN(C[C@H]5CCCO5)CC4)cc3)ccc12. The van der Waals surface area contributed by atoms with E-state index in [9.17, 15) is 0 Å². The van der Waals surface area contributed by atoms with Crippen LogP contribution < -0.4 is 10.1 Å². The molecule has 162 valence electrons. The van der Waals surface area contributed by atoms with E-state index in [0.717, 1.165) is 56.0 Å². The molecule has 2 fully saturated rings. The van der Waals surface area contributed by atoms with E-state index in [2.05, 4.69) is 63.7 Å². The Morgan fingerprint density at radius 1 is 1.03 bits per heavy atom. The van der Waals surface area contributed by atoms with Crippen molar-refractivity contribution in [1.29, 1.82) is 0 Å². The number of nitrogens with one attached hydrogen (secondary N) is 1. The van der Waals surface area contributed by atoms with Gasteiger partial charge in [0.15, 0.2) is 0 Å². The first-order valence-electron chi connectivity index (χ1n) is 11.5. The first kappa shape index (κ1) is 20.3. The fourth-order valence-electron chi connectivity index (χ4n) is 4.76. The second kappa shape index (κ2) is 9.25. The van der Waals surface area contributed by atoms with E-state index in [-0.39, 0.29) is 0 Å². The Balaban J connectivity index is 1.19. The fourth-order valence-corrected chi connectivity index (χ4v) is 4.76. The summed E-state index contributed by atoms with van der Waals surface area (Å²) in [7, 11) is 1.91. The molecule has 0 spiro atoms. The predicted octanol–water partition coefficient (Wildman–Crippen LogP) is 4.97. The average Bonchev–Trinajstić information content (AvgIpc) is 3.33. The third kappa shape index (κ3) is 4.68. The van der Waals surface area contributed by atoms with Crippen LogP contribution in [0.2, 0.25) is 0 Å². The van der Waals surface area contributed by atoms with Crippen LogP contribution >= 0.6 is 0 Å². The van der Waals surface area contributed by atoms with Gasteiger partial charge in [-0.25, -0.2) is 4.98 Å². The van der Waals surface area contributed by atoms with E-state index in [1.807, 2.05) is 13.2 Å². The number of anilines is 1. The van der Waals surface area contributed by atoms with E-state index in [1.165, 1.54) is 29.4 Å². The van der Waals surface area contributed by atoms with E-state index in [0.29, 0.717) is 12.2 Å². The lowest BCUT2D eigenvalue weighted by molar-refractivity contribution is 0.0440. The van der Waals surface area contributed by atoms with Gasteiger partial charge >= 0.3 is 0 Å². The van der Waals surface area contributed by atoms with Crippen molar-refractivity contribution in [2.45, 2.75) is 37.9 Å². The van der Waals surface area contributed by atoms with Gasteiger partial charge in [0.25, 0.3) is 0 Å². The van der Waals surface area contributed by atoms with Gasteiger partial charge in [0.1, 0.15) is 17.7 Å². The molecule has 1 aromatic heterocycles. The van der Waals surface area contributed by atoms with E-state index in [4.69, 9.17) is 9.47 Å². The largest absolute Gasteiger partial charge is 0.490 e. The first-order valence-corrected chi connectivity index (χ1v) is 11.5. The van der Waals surface area contributed by atoms with Gasteiger partial charge in [-0.15, -0.1) is 0 Å². The highest BCUT2D eigenvalue weighted by Crippen LogP contribution is 2.29. The number of rotatable bonds is 6. The second-order valence-electron chi connectivity index (χ2n) is 8.62. The summed E-state index contributed by atoms with van der Waals surface area (Å²) in [5.41, 5.74) is 2.40. The molecule has 0 saturated carbocycles. The van der Waals surface area contributed by atoms with Crippen LogP contribution in [-0.2, 0) is 4.74 Å². The zero-order valence-electron chi connectivity index (χ0n) is 18.2. The Labute approximate surface area is 184 Å². The summed E-state index contributed by atoms with van der Waals surface area (Å²) in [6.07, 6.45) is 7.20. The van der Waals surface area contributed by atoms with E-state index >= 15 is 0 Å². The van der Waals surface area contributed by atoms with Crippen molar-refractivity contribution < 1.29 is 9.47 Å². The third-order valence-corrected chi connectivity index (χ3v) is 6.51. The summed E-state index contributed by atoms with van der Waals surface area (Å²) in [5.74, 6) is 1.87. The van der Waals surface area contributed by atoms with Crippen LogP contribution in [0.4, 0.5) is 5.82 Å². The molecule has 5 nitrogen and oxygen atoms in total. The standard InChI is InChI=1S/C26H31N3O2/c1-27-26-25-9-6-20(17-21(25)10-13-28-26)19-4-7-22(8-5-19)31-23-11-14-29(15-12-23)18-24-3-2-16-30-24/h4-10,13,17,23-24H,2-3,11-12,14-16,18H2,1H3,(H,27,28)/t24-/m1/s1. The number of piperidine rings is 1. The van der Waals surface area contributed by atoms with Gasteiger partial charge in [-0.05, 0) is 66.5 Å². The number of hydrogen-bond donors (Lipinski definition) is 1. The van der Waals surface area contributed by atoms with Gasteiger partial charge in [-0.2, -0.15) is 0 Å². The number of likely N-dealkylation sites (tertiary alicyclic amines) is 1. The fraction of sp³-hybridized carbons (Fsp3) is 0.423. The van der Waals surface area contributed by atoms with Gasteiger partial charge in [0.05, 0.1) is 6.10 Å². The molecule has 2 aliphatic rings. The van der Waals surface area contributed by atoms with Gasteiger partial charge in [-0.1, -0.05) is 24.3 Å². The number of benzene rings is 2. The molecule has 0 radical (unpaired) electrons. The minimum Gasteiger partial charge on any atom is -0.490 e. The van der Waals surface area contributed by atoms with Crippen LogP contribution in [0.3, 0.4) is 0 Å². The van der Waals surface area contributed by atoms with Crippen molar-refractivity contribution in [1.82, 2.24) is 9.88 Å². The van der Waals surface area contributed by atoms with Crippen LogP contribution in [0.15, 0.2) is 54.7 Å². The number of ether oxygens (including phenoxy) is 2. The van der Waals surface area contributed by atoms with Crippen molar-refractivity contribution in [2.24, 2.45) is 0 Å². The Morgan fingerprint density at radius 3 is 2.58 bits per heavy atom. The predicted molar refractivity (Wildman–Crippen MR) is 126 cm³/mol. The highest BCUT2D eigenvalue weighted by Gasteiger charge is 2.24. The van der Waals surface area contributed by atoms with Crippen molar-refractivity contribution in [3.05, 3.63) is 54.7 Å². The lowest BCUT2D eigenvalue weighted by Crippen LogP contribution is -2.41. The van der Waals surface area contributed by atoms with Crippen molar-refractivity contribution in [2.75, 3.05) is 38.6 Å². The molecule has 3 heterocycles. The maximum atomic E-state index is 6.29. The van der Waals surface area contributed by atoms with Gasteiger partial charge in [-0.3, -0.25) is 0 Å². The number of fused-ring (bicyclic) bond motifs is 1. The summed E-state index contributed by atoms with van der Waals surface area (Å²) >= 11 is 0. The summed E-state index contributed by atoms with van der Waals surface area (Å²) in [4.78, 5) is 6.92. The molecule has 5 heteroatoms. The molecule has 5 rings (SSSR count). The number of nitrogens with zero attached hydrogens (tertiary/aromatic N) is 2.